The van der Waals surface area contributed by atoms with Crippen molar-refractivity contribution < 1.29 is 23.8 Å². The van der Waals surface area contributed by atoms with Crippen LogP contribution in [0.4, 0.5) is 5.69 Å². The molecule has 0 radical (unpaired) electrons. The maximum Gasteiger partial charge on any atom is 0.347 e. The minimum absolute atomic E-state index is 0.404. The van der Waals surface area contributed by atoms with E-state index in [1.165, 1.54) is 7.11 Å². The Hall–Kier alpha value is -3.02. The van der Waals surface area contributed by atoms with Gasteiger partial charge in [-0.25, -0.2) is 4.79 Å². The monoisotopic (exact) mass is 343 g/mol. The van der Waals surface area contributed by atoms with Crippen LogP contribution in [0.15, 0.2) is 48.5 Å². The summed E-state index contributed by atoms with van der Waals surface area (Å²) in [5.74, 6) is 0.0197. The van der Waals surface area contributed by atoms with E-state index in [-0.39, 0.29) is 0 Å². The van der Waals surface area contributed by atoms with E-state index in [9.17, 15) is 9.59 Å². The van der Waals surface area contributed by atoms with Gasteiger partial charge in [0.2, 0.25) is 0 Å². The Bertz CT molecular complexity index is 730. The molecular formula is C19H21NO5. The molecule has 25 heavy (non-hydrogen) atoms. The van der Waals surface area contributed by atoms with Crippen LogP contribution in [0.3, 0.4) is 0 Å². The third-order valence-electron chi connectivity index (χ3n) is 3.36. The molecule has 0 spiro atoms. The summed E-state index contributed by atoms with van der Waals surface area (Å²) in [4.78, 5) is 23.9. The highest BCUT2D eigenvalue weighted by atomic mass is 16.6. The number of ether oxygens (including phenoxy) is 3. The number of methoxy groups -OCH3 is 1. The fourth-order valence-electron chi connectivity index (χ4n) is 2.11. The van der Waals surface area contributed by atoms with Crippen molar-refractivity contribution in [3.8, 4) is 11.5 Å². The molecule has 0 saturated carbocycles. The van der Waals surface area contributed by atoms with Crippen molar-refractivity contribution in [3.63, 3.8) is 0 Å². The largest absolute Gasteiger partial charge is 0.495 e. The van der Waals surface area contributed by atoms with Crippen molar-refractivity contribution >= 4 is 17.6 Å². The lowest BCUT2D eigenvalue weighted by Crippen LogP contribution is -2.29. The number of hydrogen-bond acceptors (Lipinski definition) is 5. The number of nitrogens with one attached hydrogen (secondary N) is 1. The van der Waals surface area contributed by atoms with Crippen LogP contribution in [0, 0.1) is 6.92 Å². The summed E-state index contributed by atoms with van der Waals surface area (Å²) in [5, 5.41) is 2.66. The number of amides is 1. The van der Waals surface area contributed by atoms with Gasteiger partial charge < -0.3 is 19.5 Å². The number of anilines is 1. The molecule has 0 aliphatic rings. The molecule has 1 N–H and O–H groups in total. The number of hydrogen-bond donors (Lipinski definition) is 1. The maximum atomic E-state index is 12.0. The van der Waals surface area contributed by atoms with Crippen molar-refractivity contribution in [1.29, 1.82) is 0 Å². The van der Waals surface area contributed by atoms with E-state index in [1.807, 2.05) is 19.1 Å². The topological polar surface area (TPSA) is 73.9 Å². The van der Waals surface area contributed by atoms with Gasteiger partial charge in [0, 0.05) is 0 Å². The van der Waals surface area contributed by atoms with Gasteiger partial charge in [-0.1, -0.05) is 24.3 Å². The van der Waals surface area contributed by atoms with Crippen LogP contribution < -0.4 is 14.8 Å². The Morgan fingerprint density at radius 1 is 1.12 bits per heavy atom. The number of carbonyl (C=O) groups excluding carboxylic acids is 2. The minimum Gasteiger partial charge on any atom is -0.495 e. The highest BCUT2D eigenvalue weighted by Gasteiger charge is 2.18. The fourth-order valence-corrected chi connectivity index (χ4v) is 2.11. The number of aryl methyl sites for hydroxylation is 1. The molecule has 132 valence electrons. The molecule has 0 aliphatic carbocycles. The molecule has 0 aromatic heterocycles. The Kier molecular flexibility index (Phi) is 6.39. The molecule has 2 rings (SSSR count). The lowest BCUT2D eigenvalue weighted by Gasteiger charge is -2.14. The van der Waals surface area contributed by atoms with Gasteiger partial charge in [-0.05, 0) is 43.7 Å². The van der Waals surface area contributed by atoms with Gasteiger partial charge >= 0.3 is 5.97 Å². The first-order valence-corrected chi connectivity index (χ1v) is 7.82. The van der Waals surface area contributed by atoms with Crippen LogP contribution in [0.2, 0.25) is 0 Å². The van der Waals surface area contributed by atoms with E-state index in [4.69, 9.17) is 14.2 Å². The summed E-state index contributed by atoms with van der Waals surface area (Å²) in [5.41, 5.74) is 1.50. The second-order valence-electron chi connectivity index (χ2n) is 5.43. The summed E-state index contributed by atoms with van der Waals surface area (Å²) >= 11 is 0. The van der Waals surface area contributed by atoms with E-state index >= 15 is 0 Å². The maximum absolute atomic E-state index is 12.0. The number of para-hydroxylation sites is 1. The Labute approximate surface area is 146 Å². The SMILES string of the molecule is COc1ccc(C)cc1NC(=O)COC(=O)[C@H](C)Oc1ccccc1. The summed E-state index contributed by atoms with van der Waals surface area (Å²) in [6, 6.07) is 14.3. The molecule has 0 bridgehead atoms. The Morgan fingerprint density at radius 3 is 2.52 bits per heavy atom. The predicted octanol–water partition coefficient (Wildman–Crippen LogP) is 2.95. The first-order valence-electron chi connectivity index (χ1n) is 7.82. The molecule has 0 saturated heterocycles. The van der Waals surface area contributed by atoms with Gasteiger partial charge in [-0.2, -0.15) is 0 Å². The van der Waals surface area contributed by atoms with Gasteiger partial charge in [-0.15, -0.1) is 0 Å². The third kappa shape index (κ3) is 5.53. The molecule has 2 aromatic rings. The normalized spacial score (nSPS) is 11.3. The van der Waals surface area contributed by atoms with Crippen molar-refractivity contribution in [1.82, 2.24) is 0 Å². The number of rotatable bonds is 7. The van der Waals surface area contributed by atoms with E-state index in [1.54, 1.807) is 43.3 Å². The first-order chi connectivity index (χ1) is 12.0. The fraction of sp³-hybridized carbons (Fsp3) is 0.263. The standard InChI is InChI=1S/C19H21NO5/c1-13-9-10-17(23-3)16(11-13)20-18(21)12-24-19(22)14(2)25-15-7-5-4-6-8-15/h4-11,14H,12H2,1-3H3,(H,20,21)/t14-/m0/s1. The average molecular weight is 343 g/mol. The molecule has 6 heteroatoms. The minimum atomic E-state index is -0.816. The van der Waals surface area contributed by atoms with Crippen molar-refractivity contribution in [3.05, 3.63) is 54.1 Å². The highest BCUT2D eigenvalue weighted by molar-refractivity contribution is 5.94. The van der Waals surface area contributed by atoms with Crippen LogP contribution >= 0.6 is 0 Å². The highest BCUT2D eigenvalue weighted by Crippen LogP contribution is 2.25. The van der Waals surface area contributed by atoms with Gasteiger partial charge in [-0.3, -0.25) is 4.79 Å². The zero-order valence-electron chi connectivity index (χ0n) is 14.4. The molecule has 2 aromatic carbocycles. The third-order valence-corrected chi connectivity index (χ3v) is 3.36. The Balaban J connectivity index is 1.85. The number of benzene rings is 2. The second kappa shape index (κ2) is 8.73. The average Bonchev–Trinajstić information content (AvgIpc) is 2.60. The van der Waals surface area contributed by atoms with Crippen molar-refractivity contribution in [2.24, 2.45) is 0 Å². The molecule has 1 amide bonds. The zero-order chi connectivity index (χ0) is 18.2. The van der Waals surface area contributed by atoms with E-state index in [0.29, 0.717) is 17.2 Å². The van der Waals surface area contributed by atoms with Gasteiger partial charge in [0.05, 0.1) is 12.8 Å². The quantitative estimate of drug-likeness (QED) is 0.783. The van der Waals surface area contributed by atoms with Crippen LogP contribution in [-0.2, 0) is 14.3 Å². The van der Waals surface area contributed by atoms with Crippen LogP contribution in [0.1, 0.15) is 12.5 Å². The molecule has 0 aliphatic heterocycles. The van der Waals surface area contributed by atoms with Crippen molar-refractivity contribution in [2.75, 3.05) is 19.0 Å². The first kappa shape index (κ1) is 18.3. The summed E-state index contributed by atoms with van der Waals surface area (Å²) in [6.07, 6.45) is -0.816. The van der Waals surface area contributed by atoms with Crippen molar-refractivity contribution in [2.45, 2.75) is 20.0 Å². The molecule has 6 nitrogen and oxygen atoms in total. The summed E-state index contributed by atoms with van der Waals surface area (Å²) < 4.78 is 15.6. The van der Waals surface area contributed by atoms with Crippen LogP contribution in [0.5, 0.6) is 11.5 Å². The smallest absolute Gasteiger partial charge is 0.347 e. The van der Waals surface area contributed by atoms with E-state index in [2.05, 4.69) is 5.32 Å². The summed E-state index contributed by atoms with van der Waals surface area (Å²) in [6.45, 7) is 3.06. The lowest BCUT2D eigenvalue weighted by molar-refractivity contribution is -0.153. The van der Waals surface area contributed by atoms with Crippen LogP contribution in [0.25, 0.3) is 0 Å². The number of esters is 1. The summed E-state index contributed by atoms with van der Waals surface area (Å²) in [7, 11) is 1.52. The molecule has 0 fully saturated rings. The van der Waals surface area contributed by atoms with Gasteiger partial charge in [0.1, 0.15) is 11.5 Å². The molecule has 0 heterocycles. The molecule has 1 atom stereocenters. The zero-order valence-corrected chi connectivity index (χ0v) is 14.4. The molecular weight excluding hydrogens is 322 g/mol. The number of carbonyl (C=O) groups is 2. The second-order valence-corrected chi connectivity index (χ2v) is 5.43. The van der Waals surface area contributed by atoms with Gasteiger partial charge in [0.25, 0.3) is 5.91 Å². The van der Waals surface area contributed by atoms with E-state index < -0.39 is 24.6 Å². The Morgan fingerprint density at radius 2 is 1.84 bits per heavy atom. The predicted molar refractivity (Wildman–Crippen MR) is 93.9 cm³/mol. The van der Waals surface area contributed by atoms with Gasteiger partial charge in [0.15, 0.2) is 12.7 Å². The lowest BCUT2D eigenvalue weighted by atomic mass is 10.2. The van der Waals surface area contributed by atoms with E-state index in [0.717, 1.165) is 5.56 Å². The van der Waals surface area contributed by atoms with Crippen LogP contribution in [-0.4, -0.2) is 31.7 Å². The molecule has 0 unspecified atom stereocenters.